The molecule has 6 heteroatoms. The van der Waals surface area contributed by atoms with E-state index in [1.807, 2.05) is 5.38 Å². The normalized spacial score (nSPS) is 10.1. The van der Waals surface area contributed by atoms with E-state index in [4.69, 9.17) is 4.74 Å². The summed E-state index contributed by atoms with van der Waals surface area (Å²) in [6.45, 7) is 0.675. The van der Waals surface area contributed by atoms with Gasteiger partial charge in [-0.15, -0.1) is 11.3 Å². The molecule has 0 aliphatic rings. The zero-order valence-corrected chi connectivity index (χ0v) is 10.7. The lowest BCUT2D eigenvalue weighted by molar-refractivity contribution is 0.0601. The van der Waals surface area contributed by atoms with Crippen LogP contribution in [0.4, 0.5) is 5.82 Å². The smallest absolute Gasteiger partial charge is 0.341 e. The van der Waals surface area contributed by atoms with Crippen LogP contribution in [-0.2, 0) is 11.2 Å². The number of ether oxygens (including phenoxy) is 1. The number of carbonyl (C=O) groups excluding carboxylic acids is 1. The maximum absolute atomic E-state index is 11.5. The second-order valence-electron chi connectivity index (χ2n) is 3.49. The Balaban J connectivity index is 1.98. The van der Waals surface area contributed by atoms with E-state index in [9.17, 15) is 4.79 Å². The minimum Gasteiger partial charge on any atom is -0.465 e. The van der Waals surface area contributed by atoms with Crippen molar-refractivity contribution in [2.24, 2.45) is 0 Å². The molecule has 94 valence electrons. The zero-order valence-electron chi connectivity index (χ0n) is 9.92. The molecule has 0 saturated heterocycles. The predicted octanol–water partition coefficient (Wildman–Crippen LogP) is 1.98. The Morgan fingerprint density at radius 3 is 3.06 bits per heavy atom. The second kappa shape index (κ2) is 6.11. The highest BCUT2D eigenvalue weighted by Gasteiger charge is 2.11. The molecule has 0 bridgehead atoms. The van der Waals surface area contributed by atoms with Crippen LogP contribution < -0.4 is 5.32 Å². The summed E-state index contributed by atoms with van der Waals surface area (Å²) in [5.41, 5.74) is 0.444. The SMILES string of the molecule is COC(=O)c1cccnc1NCCc1nccs1. The van der Waals surface area contributed by atoms with Crippen LogP contribution in [0, 0.1) is 0 Å². The lowest BCUT2D eigenvalue weighted by Gasteiger charge is -2.08. The van der Waals surface area contributed by atoms with Crippen molar-refractivity contribution < 1.29 is 9.53 Å². The Kier molecular flexibility index (Phi) is 4.25. The van der Waals surface area contributed by atoms with Crippen molar-refractivity contribution in [3.8, 4) is 0 Å². The number of rotatable bonds is 5. The summed E-state index contributed by atoms with van der Waals surface area (Å²) >= 11 is 1.61. The largest absolute Gasteiger partial charge is 0.465 e. The van der Waals surface area contributed by atoms with Crippen molar-refractivity contribution in [3.63, 3.8) is 0 Å². The fourth-order valence-electron chi connectivity index (χ4n) is 1.49. The third kappa shape index (κ3) is 3.04. The number of nitrogens with one attached hydrogen (secondary N) is 1. The summed E-state index contributed by atoms with van der Waals surface area (Å²) in [5.74, 6) is 0.153. The lowest BCUT2D eigenvalue weighted by Crippen LogP contribution is -2.12. The van der Waals surface area contributed by atoms with Crippen molar-refractivity contribution >= 4 is 23.1 Å². The number of carbonyl (C=O) groups is 1. The van der Waals surface area contributed by atoms with Gasteiger partial charge >= 0.3 is 5.97 Å². The van der Waals surface area contributed by atoms with Crippen LogP contribution in [-0.4, -0.2) is 29.6 Å². The van der Waals surface area contributed by atoms with E-state index >= 15 is 0 Å². The molecule has 0 aliphatic carbocycles. The number of aromatic nitrogens is 2. The third-order valence-corrected chi connectivity index (χ3v) is 3.17. The summed E-state index contributed by atoms with van der Waals surface area (Å²) in [4.78, 5) is 19.8. The van der Waals surface area contributed by atoms with Gasteiger partial charge in [0, 0.05) is 30.7 Å². The molecule has 2 heterocycles. The van der Waals surface area contributed by atoms with Crippen molar-refractivity contribution in [3.05, 3.63) is 40.5 Å². The Bertz CT molecular complexity index is 514. The first-order valence-corrected chi connectivity index (χ1v) is 6.35. The summed E-state index contributed by atoms with van der Waals surface area (Å²) in [7, 11) is 1.36. The molecule has 0 radical (unpaired) electrons. The minimum atomic E-state index is -0.389. The first-order valence-electron chi connectivity index (χ1n) is 5.47. The number of anilines is 1. The molecule has 18 heavy (non-hydrogen) atoms. The van der Waals surface area contributed by atoms with E-state index in [0.717, 1.165) is 11.4 Å². The number of nitrogens with zero attached hydrogens (tertiary/aromatic N) is 2. The molecule has 0 unspecified atom stereocenters. The first-order chi connectivity index (χ1) is 8.81. The second-order valence-corrected chi connectivity index (χ2v) is 4.47. The van der Waals surface area contributed by atoms with Crippen LogP contribution in [0.5, 0.6) is 0 Å². The van der Waals surface area contributed by atoms with E-state index in [-0.39, 0.29) is 5.97 Å². The summed E-state index contributed by atoms with van der Waals surface area (Å²) in [5, 5.41) is 6.12. The molecular weight excluding hydrogens is 250 g/mol. The molecule has 5 nitrogen and oxygen atoms in total. The average molecular weight is 263 g/mol. The number of hydrogen-bond donors (Lipinski definition) is 1. The van der Waals surface area contributed by atoms with Crippen LogP contribution >= 0.6 is 11.3 Å². The molecule has 0 aliphatic heterocycles. The van der Waals surface area contributed by atoms with Gasteiger partial charge in [0.25, 0.3) is 0 Å². The number of pyridine rings is 1. The molecule has 0 spiro atoms. The monoisotopic (exact) mass is 263 g/mol. The van der Waals surface area contributed by atoms with Crippen molar-refractivity contribution in [1.82, 2.24) is 9.97 Å². The summed E-state index contributed by atoms with van der Waals surface area (Å²) in [6.07, 6.45) is 4.22. The Morgan fingerprint density at radius 2 is 2.33 bits per heavy atom. The quantitative estimate of drug-likeness (QED) is 0.836. The molecule has 1 N–H and O–H groups in total. The van der Waals surface area contributed by atoms with Gasteiger partial charge in [-0.05, 0) is 12.1 Å². The van der Waals surface area contributed by atoms with Crippen LogP contribution in [0.3, 0.4) is 0 Å². The molecule has 2 aromatic rings. The molecule has 0 saturated carbocycles. The van der Waals surface area contributed by atoms with Crippen LogP contribution in [0.1, 0.15) is 15.4 Å². The minimum absolute atomic E-state index is 0.389. The number of esters is 1. The Labute approximate surface area is 109 Å². The van der Waals surface area contributed by atoms with Gasteiger partial charge in [-0.2, -0.15) is 0 Å². The molecular formula is C12H13N3O2S. The van der Waals surface area contributed by atoms with Crippen molar-refractivity contribution in [2.75, 3.05) is 19.0 Å². The van der Waals surface area contributed by atoms with Gasteiger partial charge in [-0.3, -0.25) is 0 Å². The van der Waals surface area contributed by atoms with Gasteiger partial charge in [0.05, 0.1) is 12.1 Å². The van der Waals surface area contributed by atoms with E-state index in [0.29, 0.717) is 17.9 Å². The van der Waals surface area contributed by atoms with Crippen molar-refractivity contribution in [1.29, 1.82) is 0 Å². The molecule has 0 aromatic carbocycles. The fourth-order valence-corrected chi connectivity index (χ4v) is 2.11. The Morgan fingerprint density at radius 1 is 1.44 bits per heavy atom. The number of thiazole rings is 1. The van der Waals surface area contributed by atoms with Gasteiger partial charge in [-0.25, -0.2) is 14.8 Å². The van der Waals surface area contributed by atoms with E-state index < -0.39 is 0 Å². The fraction of sp³-hybridized carbons (Fsp3) is 0.250. The van der Waals surface area contributed by atoms with Gasteiger partial charge in [0.15, 0.2) is 0 Å². The van der Waals surface area contributed by atoms with Gasteiger partial charge in [0.1, 0.15) is 11.4 Å². The molecule has 2 rings (SSSR count). The molecule has 0 atom stereocenters. The van der Waals surface area contributed by atoms with Gasteiger partial charge in [-0.1, -0.05) is 0 Å². The topological polar surface area (TPSA) is 64.1 Å². The van der Waals surface area contributed by atoms with E-state index in [1.54, 1.807) is 35.9 Å². The van der Waals surface area contributed by atoms with Gasteiger partial charge < -0.3 is 10.1 Å². The van der Waals surface area contributed by atoms with Crippen molar-refractivity contribution in [2.45, 2.75) is 6.42 Å². The lowest BCUT2D eigenvalue weighted by atomic mass is 10.2. The van der Waals surface area contributed by atoms with E-state index in [1.165, 1.54) is 7.11 Å². The maximum Gasteiger partial charge on any atom is 0.341 e. The first kappa shape index (κ1) is 12.5. The average Bonchev–Trinajstić information content (AvgIpc) is 2.92. The Hall–Kier alpha value is -1.95. The molecule has 2 aromatic heterocycles. The van der Waals surface area contributed by atoms with Crippen LogP contribution in [0.15, 0.2) is 29.9 Å². The summed E-state index contributed by atoms with van der Waals surface area (Å²) < 4.78 is 4.70. The standard InChI is InChI=1S/C12H13N3O2S/c1-17-12(16)9-3-2-5-14-11(9)15-6-4-10-13-7-8-18-10/h2-3,5,7-8H,4,6H2,1H3,(H,14,15). The van der Waals surface area contributed by atoms with Gasteiger partial charge in [0.2, 0.25) is 0 Å². The highest BCUT2D eigenvalue weighted by Crippen LogP contribution is 2.13. The summed E-state index contributed by atoms with van der Waals surface area (Å²) in [6, 6.07) is 3.39. The molecule has 0 fully saturated rings. The number of hydrogen-bond acceptors (Lipinski definition) is 6. The van der Waals surface area contributed by atoms with Crippen LogP contribution in [0.25, 0.3) is 0 Å². The third-order valence-electron chi connectivity index (χ3n) is 2.33. The van der Waals surface area contributed by atoms with E-state index in [2.05, 4.69) is 15.3 Å². The maximum atomic E-state index is 11.5. The zero-order chi connectivity index (χ0) is 12.8. The highest BCUT2D eigenvalue weighted by molar-refractivity contribution is 7.09. The molecule has 0 amide bonds. The highest BCUT2D eigenvalue weighted by atomic mass is 32.1. The van der Waals surface area contributed by atoms with Crippen LogP contribution in [0.2, 0.25) is 0 Å². The number of methoxy groups -OCH3 is 1. The predicted molar refractivity (Wildman–Crippen MR) is 69.9 cm³/mol.